The number of aryl methyl sites for hydroxylation is 2. The molecular formula is C17H29N3O4S. The molecule has 1 aliphatic heterocycles. The number of methoxy groups -OCH3 is 1. The van der Waals surface area contributed by atoms with Gasteiger partial charge in [-0.1, -0.05) is 6.07 Å². The standard InChI is InChI=1S/C17H29N3O4S/c1-12-9-17(24-5)13(2)8-14(12)10-20-7-6-15(16(21)11-20)18-25(22,23)19(3)4/h8-9,15-16,18,21H,6-7,10-11H2,1-5H3/t15-,16-/m1/s1. The van der Waals surface area contributed by atoms with Gasteiger partial charge in [0.05, 0.1) is 19.3 Å². The molecule has 25 heavy (non-hydrogen) atoms. The zero-order valence-corrected chi connectivity index (χ0v) is 16.4. The largest absolute Gasteiger partial charge is 0.496 e. The fraction of sp³-hybridized carbons (Fsp3) is 0.647. The zero-order valence-electron chi connectivity index (χ0n) is 15.6. The monoisotopic (exact) mass is 371 g/mol. The lowest BCUT2D eigenvalue weighted by Crippen LogP contribution is -2.55. The Bertz CT molecular complexity index is 706. The molecule has 0 unspecified atom stereocenters. The average Bonchev–Trinajstić information content (AvgIpc) is 2.53. The fourth-order valence-corrected chi connectivity index (χ4v) is 3.92. The average molecular weight is 372 g/mol. The Hall–Kier alpha value is -1.19. The summed E-state index contributed by atoms with van der Waals surface area (Å²) in [6.45, 7) is 5.94. The second-order valence-corrected chi connectivity index (χ2v) is 8.77. The Balaban J connectivity index is 2.01. The molecule has 0 bridgehead atoms. The molecule has 2 rings (SSSR count). The molecule has 2 atom stereocenters. The quantitative estimate of drug-likeness (QED) is 0.767. The minimum absolute atomic E-state index is 0.436. The van der Waals surface area contributed by atoms with Gasteiger partial charge in [-0.05, 0) is 43.0 Å². The fourth-order valence-electron chi connectivity index (χ4n) is 3.06. The molecule has 1 fully saturated rings. The van der Waals surface area contributed by atoms with Crippen LogP contribution in [0.5, 0.6) is 5.75 Å². The van der Waals surface area contributed by atoms with Gasteiger partial charge in [0.15, 0.2) is 0 Å². The van der Waals surface area contributed by atoms with E-state index in [0.717, 1.165) is 34.3 Å². The Kier molecular flexibility index (Phi) is 6.45. The molecule has 1 aromatic rings. The Morgan fingerprint density at radius 1 is 1.32 bits per heavy atom. The summed E-state index contributed by atoms with van der Waals surface area (Å²) in [5.41, 5.74) is 3.42. The van der Waals surface area contributed by atoms with Crippen molar-refractivity contribution in [2.45, 2.75) is 39.0 Å². The first kappa shape index (κ1) is 20.1. The van der Waals surface area contributed by atoms with E-state index in [1.165, 1.54) is 19.7 Å². The van der Waals surface area contributed by atoms with Crippen LogP contribution in [-0.2, 0) is 16.8 Å². The van der Waals surface area contributed by atoms with Crippen LogP contribution >= 0.6 is 0 Å². The summed E-state index contributed by atoms with van der Waals surface area (Å²) in [7, 11) is 1.07. The van der Waals surface area contributed by atoms with Crippen LogP contribution in [0.1, 0.15) is 23.1 Å². The minimum Gasteiger partial charge on any atom is -0.496 e. The van der Waals surface area contributed by atoms with Crippen molar-refractivity contribution in [3.8, 4) is 5.75 Å². The maximum absolute atomic E-state index is 11.9. The molecule has 0 radical (unpaired) electrons. The van der Waals surface area contributed by atoms with Crippen LogP contribution in [0.25, 0.3) is 0 Å². The third-order valence-electron chi connectivity index (χ3n) is 4.69. The summed E-state index contributed by atoms with van der Waals surface area (Å²) in [6, 6.07) is 3.68. The minimum atomic E-state index is -3.54. The highest BCUT2D eigenvalue weighted by molar-refractivity contribution is 7.87. The normalized spacial score (nSPS) is 22.4. The first-order chi connectivity index (χ1) is 11.6. The predicted octanol–water partition coefficient (Wildman–Crippen LogP) is 0.643. The van der Waals surface area contributed by atoms with Crippen molar-refractivity contribution >= 4 is 10.2 Å². The van der Waals surface area contributed by atoms with Crippen LogP contribution in [0, 0.1) is 13.8 Å². The number of benzene rings is 1. The molecule has 8 heteroatoms. The molecule has 0 amide bonds. The van der Waals surface area contributed by atoms with Gasteiger partial charge < -0.3 is 9.84 Å². The highest BCUT2D eigenvalue weighted by atomic mass is 32.2. The number of aliphatic hydroxyl groups excluding tert-OH is 1. The molecular weight excluding hydrogens is 342 g/mol. The molecule has 1 aromatic carbocycles. The van der Waals surface area contributed by atoms with Gasteiger partial charge in [0.1, 0.15) is 5.75 Å². The number of hydrogen-bond donors (Lipinski definition) is 2. The summed E-state index contributed by atoms with van der Waals surface area (Å²) in [5.74, 6) is 0.873. The van der Waals surface area contributed by atoms with Crippen molar-refractivity contribution in [1.29, 1.82) is 0 Å². The Morgan fingerprint density at radius 2 is 2.00 bits per heavy atom. The van der Waals surface area contributed by atoms with E-state index in [9.17, 15) is 13.5 Å². The molecule has 0 aromatic heterocycles. The first-order valence-corrected chi connectivity index (χ1v) is 9.82. The van der Waals surface area contributed by atoms with Gasteiger partial charge in [-0.3, -0.25) is 4.90 Å². The van der Waals surface area contributed by atoms with Crippen molar-refractivity contribution in [2.75, 3.05) is 34.3 Å². The zero-order chi connectivity index (χ0) is 18.8. The molecule has 142 valence electrons. The van der Waals surface area contributed by atoms with Crippen molar-refractivity contribution in [3.05, 3.63) is 28.8 Å². The number of rotatable bonds is 6. The maximum Gasteiger partial charge on any atom is 0.279 e. The Morgan fingerprint density at radius 3 is 2.56 bits per heavy atom. The van der Waals surface area contributed by atoms with Crippen molar-refractivity contribution in [2.24, 2.45) is 0 Å². The van der Waals surface area contributed by atoms with Gasteiger partial charge in [-0.2, -0.15) is 17.4 Å². The third-order valence-corrected chi connectivity index (χ3v) is 6.26. The second-order valence-electron chi connectivity index (χ2n) is 6.85. The predicted molar refractivity (Wildman–Crippen MR) is 97.9 cm³/mol. The van der Waals surface area contributed by atoms with Gasteiger partial charge in [0, 0.05) is 33.7 Å². The van der Waals surface area contributed by atoms with Crippen LogP contribution in [0.15, 0.2) is 12.1 Å². The smallest absolute Gasteiger partial charge is 0.279 e. The van der Waals surface area contributed by atoms with Gasteiger partial charge in [0.2, 0.25) is 0 Å². The molecule has 0 saturated carbocycles. The van der Waals surface area contributed by atoms with Crippen LogP contribution in [-0.4, -0.2) is 69.2 Å². The number of nitrogens with one attached hydrogen (secondary N) is 1. The van der Waals surface area contributed by atoms with E-state index in [0.29, 0.717) is 13.0 Å². The second kappa shape index (κ2) is 8.01. The summed E-state index contributed by atoms with van der Waals surface area (Å²) in [6.07, 6.45) is -0.161. The summed E-state index contributed by atoms with van der Waals surface area (Å²) < 4.78 is 32.9. The van der Waals surface area contributed by atoms with Crippen molar-refractivity contribution in [1.82, 2.24) is 13.9 Å². The van der Waals surface area contributed by atoms with E-state index in [2.05, 4.69) is 15.7 Å². The Labute approximate surface area is 150 Å². The third kappa shape index (κ3) is 4.92. The van der Waals surface area contributed by atoms with E-state index in [1.54, 1.807) is 7.11 Å². The summed E-state index contributed by atoms with van der Waals surface area (Å²) >= 11 is 0. The molecule has 2 N–H and O–H groups in total. The van der Waals surface area contributed by atoms with E-state index in [1.807, 2.05) is 19.9 Å². The van der Waals surface area contributed by atoms with E-state index >= 15 is 0 Å². The summed E-state index contributed by atoms with van der Waals surface area (Å²) in [5, 5.41) is 10.4. The molecule has 1 heterocycles. The molecule has 1 saturated heterocycles. The number of nitrogens with zero attached hydrogens (tertiary/aromatic N) is 2. The number of β-amino-alcohol motifs (C(OH)–C–C–N with tert-alkyl or cyclic N) is 1. The van der Waals surface area contributed by atoms with E-state index < -0.39 is 22.4 Å². The van der Waals surface area contributed by atoms with Gasteiger partial charge in [0.25, 0.3) is 10.2 Å². The number of hydrogen-bond acceptors (Lipinski definition) is 5. The number of aliphatic hydroxyl groups is 1. The molecule has 0 spiro atoms. The van der Waals surface area contributed by atoms with E-state index in [-0.39, 0.29) is 0 Å². The summed E-state index contributed by atoms with van der Waals surface area (Å²) in [4.78, 5) is 2.15. The lowest BCUT2D eigenvalue weighted by atomic mass is 10.00. The lowest BCUT2D eigenvalue weighted by Gasteiger charge is -2.36. The molecule has 7 nitrogen and oxygen atoms in total. The van der Waals surface area contributed by atoms with E-state index in [4.69, 9.17) is 4.74 Å². The van der Waals surface area contributed by atoms with Crippen LogP contribution in [0.4, 0.5) is 0 Å². The number of likely N-dealkylation sites (tertiary alicyclic amines) is 1. The van der Waals surface area contributed by atoms with Gasteiger partial charge >= 0.3 is 0 Å². The number of piperidine rings is 1. The molecule has 1 aliphatic rings. The highest BCUT2D eigenvalue weighted by Crippen LogP contribution is 2.24. The van der Waals surface area contributed by atoms with Crippen LogP contribution in [0.3, 0.4) is 0 Å². The van der Waals surface area contributed by atoms with Gasteiger partial charge in [-0.15, -0.1) is 0 Å². The van der Waals surface area contributed by atoms with Crippen LogP contribution < -0.4 is 9.46 Å². The van der Waals surface area contributed by atoms with Crippen molar-refractivity contribution in [3.63, 3.8) is 0 Å². The maximum atomic E-state index is 11.9. The first-order valence-electron chi connectivity index (χ1n) is 8.38. The topological polar surface area (TPSA) is 82.1 Å². The van der Waals surface area contributed by atoms with Gasteiger partial charge in [-0.25, -0.2) is 0 Å². The number of ether oxygens (including phenoxy) is 1. The van der Waals surface area contributed by atoms with Crippen LogP contribution in [0.2, 0.25) is 0 Å². The highest BCUT2D eigenvalue weighted by Gasteiger charge is 2.31. The SMILES string of the molecule is COc1cc(C)c(CN2CC[C@@H](NS(=O)(=O)N(C)C)[C@H](O)C2)cc1C. The van der Waals surface area contributed by atoms with Crippen molar-refractivity contribution < 1.29 is 18.3 Å². The molecule has 0 aliphatic carbocycles. The lowest BCUT2D eigenvalue weighted by molar-refractivity contribution is 0.0441.